The molecule has 0 aliphatic heterocycles. The first kappa shape index (κ1) is 16.9. The predicted octanol–water partition coefficient (Wildman–Crippen LogP) is 4.25. The van der Waals surface area contributed by atoms with Crippen LogP contribution in [0.25, 0.3) is 22.2 Å². The third kappa shape index (κ3) is 3.55. The number of nitrogens with zero attached hydrogens (tertiary/aromatic N) is 2. The van der Waals surface area contributed by atoms with Crippen molar-refractivity contribution in [3.8, 4) is 22.6 Å². The summed E-state index contributed by atoms with van der Waals surface area (Å²) < 4.78 is 10.8. The van der Waals surface area contributed by atoms with Gasteiger partial charge in [-0.2, -0.15) is 0 Å². The number of fused-ring (bicyclic) bond motifs is 1. The second kappa shape index (κ2) is 7.37. The molecule has 1 aromatic carbocycles. The van der Waals surface area contributed by atoms with Crippen LogP contribution in [0.15, 0.2) is 61.1 Å². The minimum absolute atomic E-state index is 0.669. The van der Waals surface area contributed by atoms with E-state index in [0.717, 1.165) is 45.0 Å². The molecule has 6 heteroatoms. The van der Waals surface area contributed by atoms with Gasteiger partial charge in [-0.25, -0.2) is 4.98 Å². The van der Waals surface area contributed by atoms with Crippen LogP contribution in [-0.2, 0) is 6.54 Å². The third-order valence-corrected chi connectivity index (χ3v) is 4.41. The van der Waals surface area contributed by atoms with Gasteiger partial charge in [0, 0.05) is 36.6 Å². The van der Waals surface area contributed by atoms with Crippen molar-refractivity contribution in [2.45, 2.75) is 6.54 Å². The lowest BCUT2D eigenvalue weighted by Gasteiger charge is -2.12. The second-order valence-electron chi connectivity index (χ2n) is 6.11. The molecule has 6 nitrogen and oxygen atoms in total. The molecule has 0 radical (unpaired) electrons. The first-order valence-electron chi connectivity index (χ1n) is 8.61. The van der Waals surface area contributed by atoms with Crippen molar-refractivity contribution in [2.75, 3.05) is 19.5 Å². The van der Waals surface area contributed by atoms with Crippen molar-refractivity contribution in [1.82, 2.24) is 15.0 Å². The number of hydrogen-bond donors (Lipinski definition) is 2. The maximum Gasteiger partial charge on any atom is 0.140 e. The lowest BCUT2D eigenvalue weighted by Crippen LogP contribution is -2.02. The molecule has 4 rings (SSSR count). The smallest absolute Gasteiger partial charge is 0.140 e. The van der Waals surface area contributed by atoms with Gasteiger partial charge in [0.25, 0.3) is 0 Å². The minimum atomic E-state index is 0.669. The molecular formula is C21H20N4O2. The molecule has 3 aromatic heterocycles. The Balaban J connectivity index is 1.75. The van der Waals surface area contributed by atoms with E-state index >= 15 is 0 Å². The van der Waals surface area contributed by atoms with Crippen molar-refractivity contribution >= 4 is 16.9 Å². The van der Waals surface area contributed by atoms with Gasteiger partial charge in [0.05, 0.1) is 14.2 Å². The molecule has 0 aliphatic rings. The molecule has 0 saturated carbocycles. The Morgan fingerprint density at radius 2 is 1.70 bits per heavy atom. The maximum atomic E-state index is 5.42. The van der Waals surface area contributed by atoms with Crippen LogP contribution >= 0.6 is 0 Å². The zero-order chi connectivity index (χ0) is 18.6. The SMILES string of the molecule is COc1cc(OC)cc(-c2cc(NCc3ccncc3)nc3[nH]ccc23)c1. The van der Waals surface area contributed by atoms with E-state index in [0.29, 0.717) is 6.54 Å². The molecule has 0 unspecified atom stereocenters. The highest BCUT2D eigenvalue weighted by Gasteiger charge is 2.11. The van der Waals surface area contributed by atoms with Crippen LogP contribution in [0, 0.1) is 0 Å². The fourth-order valence-corrected chi connectivity index (χ4v) is 3.02. The molecule has 0 saturated heterocycles. The van der Waals surface area contributed by atoms with E-state index in [4.69, 9.17) is 9.47 Å². The summed E-state index contributed by atoms with van der Waals surface area (Å²) in [4.78, 5) is 11.9. The highest BCUT2D eigenvalue weighted by molar-refractivity contribution is 5.95. The number of aromatic nitrogens is 3. The van der Waals surface area contributed by atoms with E-state index in [2.05, 4.69) is 20.3 Å². The van der Waals surface area contributed by atoms with Crippen LogP contribution in [0.4, 0.5) is 5.82 Å². The summed E-state index contributed by atoms with van der Waals surface area (Å²) in [5, 5.41) is 4.43. The van der Waals surface area contributed by atoms with E-state index in [-0.39, 0.29) is 0 Å². The van der Waals surface area contributed by atoms with Gasteiger partial charge in [0.15, 0.2) is 0 Å². The molecule has 0 fully saturated rings. The van der Waals surface area contributed by atoms with Crippen LogP contribution in [0.5, 0.6) is 11.5 Å². The largest absolute Gasteiger partial charge is 0.497 e. The van der Waals surface area contributed by atoms with Crippen molar-refractivity contribution in [2.24, 2.45) is 0 Å². The molecule has 0 spiro atoms. The molecule has 0 aliphatic carbocycles. The molecule has 4 aromatic rings. The predicted molar refractivity (Wildman–Crippen MR) is 106 cm³/mol. The second-order valence-corrected chi connectivity index (χ2v) is 6.11. The van der Waals surface area contributed by atoms with E-state index in [1.165, 1.54) is 0 Å². The van der Waals surface area contributed by atoms with Crippen molar-refractivity contribution in [1.29, 1.82) is 0 Å². The Hall–Kier alpha value is -3.54. The summed E-state index contributed by atoms with van der Waals surface area (Å²) in [6.45, 7) is 0.669. The Kier molecular flexibility index (Phi) is 4.61. The fourth-order valence-electron chi connectivity index (χ4n) is 3.02. The summed E-state index contributed by atoms with van der Waals surface area (Å²) >= 11 is 0. The number of anilines is 1. The van der Waals surface area contributed by atoms with E-state index in [1.54, 1.807) is 26.6 Å². The van der Waals surface area contributed by atoms with Gasteiger partial charge in [-0.1, -0.05) is 0 Å². The Morgan fingerprint density at radius 1 is 0.963 bits per heavy atom. The molecule has 0 amide bonds. The minimum Gasteiger partial charge on any atom is -0.497 e. The van der Waals surface area contributed by atoms with Crippen molar-refractivity contribution in [3.63, 3.8) is 0 Å². The third-order valence-electron chi connectivity index (χ3n) is 4.41. The zero-order valence-corrected chi connectivity index (χ0v) is 15.2. The average molecular weight is 360 g/mol. The summed E-state index contributed by atoms with van der Waals surface area (Å²) in [6.07, 6.45) is 5.46. The quantitative estimate of drug-likeness (QED) is 0.538. The number of rotatable bonds is 6. The van der Waals surface area contributed by atoms with Crippen molar-refractivity contribution < 1.29 is 9.47 Å². The Labute approximate surface area is 157 Å². The van der Waals surface area contributed by atoms with Gasteiger partial charge in [0.1, 0.15) is 23.0 Å². The van der Waals surface area contributed by atoms with Crippen LogP contribution in [-0.4, -0.2) is 29.2 Å². The van der Waals surface area contributed by atoms with Crippen LogP contribution in [0.1, 0.15) is 5.56 Å². The number of nitrogens with one attached hydrogen (secondary N) is 2. The first-order valence-corrected chi connectivity index (χ1v) is 8.61. The summed E-state index contributed by atoms with van der Waals surface area (Å²) in [7, 11) is 3.30. The topological polar surface area (TPSA) is 72.1 Å². The van der Waals surface area contributed by atoms with Crippen molar-refractivity contribution in [3.05, 3.63) is 66.6 Å². The molecule has 0 bridgehead atoms. The van der Waals surface area contributed by atoms with E-state index in [9.17, 15) is 0 Å². The summed E-state index contributed by atoms with van der Waals surface area (Å²) in [6, 6.07) is 13.9. The fraction of sp³-hybridized carbons (Fsp3) is 0.143. The highest BCUT2D eigenvalue weighted by atomic mass is 16.5. The van der Waals surface area contributed by atoms with Gasteiger partial charge in [-0.3, -0.25) is 4.98 Å². The number of hydrogen-bond acceptors (Lipinski definition) is 5. The highest BCUT2D eigenvalue weighted by Crippen LogP contribution is 2.35. The molecule has 2 N–H and O–H groups in total. The molecule has 3 heterocycles. The number of aromatic amines is 1. The maximum absolute atomic E-state index is 5.42. The standard InChI is InChI=1S/C21H20N4O2/c1-26-16-9-15(10-17(11-16)27-2)19-12-20(25-21-18(19)5-8-23-21)24-13-14-3-6-22-7-4-14/h3-12H,13H2,1-2H3,(H2,23,24,25). The zero-order valence-electron chi connectivity index (χ0n) is 15.2. The lowest BCUT2D eigenvalue weighted by molar-refractivity contribution is 0.394. The normalized spacial score (nSPS) is 10.7. The molecule has 27 heavy (non-hydrogen) atoms. The lowest BCUT2D eigenvalue weighted by atomic mass is 10.0. The number of benzene rings is 1. The summed E-state index contributed by atoms with van der Waals surface area (Å²) in [5.74, 6) is 2.28. The van der Waals surface area contributed by atoms with Gasteiger partial charge in [0.2, 0.25) is 0 Å². The Morgan fingerprint density at radius 3 is 2.41 bits per heavy atom. The first-order chi connectivity index (χ1) is 13.3. The van der Waals surface area contributed by atoms with E-state index < -0.39 is 0 Å². The van der Waals surface area contributed by atoms with Crippen LogP contribution < -0.4 is 14.8 Å². The average Bonchev–Trinajstić information content (AvgIpc) is 3.20. The number of H-pyrrole nitrogens is 1. The van der Waals surface area contributed by atoms with Gasteiger partial charge in [-0.05, 0) is 53.1 Å². The number of methoxy groups -OCH3 is 2. The van der Waals surface area contributed by atoms with Crippen LogP contribution in [0.2, 0.25) is 0 Å². The Bertz CT molecular complexity index is 1040. The molecular weight excluding hydrogens is 340 g/mol. The van der Waals surface area contributed by atoms with Gasteiger partial charge >= 0.3 is 0 Å². The van der Waals surface area contributed by atoms with E-state index in [1.807, 2.05) is 48.7 Å². The van der Waals surface area contributed by atoms with Gasteiger partial charge in [-0.15, -0.1) is 0 Å². The number of ether oxygens (including phenoxy) is 2. The summed E-state index contributed by atoms with van der Waals surface area (Å²) in [5.41, 5.74) is 4.02. The van der Waals surface area contributed by atoms with Gasteiger partial charge < -0.3 is 19.8 Å². The monoisotopic (exact) mass is 360 g/mol. The molecule has 136 valence electrons. The van der Waals surface area contributed by atoms with Crippen LogP contribution in [0.3, 0.4) is 0 Å². The molecule has 0 atom stereocenters. The number of pyridine rings is 2.